The molecule has 4 aromatic rings. The predicted octanol–water partition coefficient (Wildman–Crippen LogP) is 5.33. The summed E-state index contributed by atoms with van der Waals surface area (Å²) in [4.78, 5) is 8.71. The van der Waals surface area contributed by atoms with Crippen LogP contribution in [0.4, 0.5) is 22.7 Å². The van der Waals surface area contributed by atoms with Crippen LogP contribution in [0.3, 0.4) is 0 Å². The molecule has 8 rings (SSSR count). The van der Waals surface area contributed by atoms with Crippen molar-refractivity contribution >= 4 is 22.7 Å². The van der Waals surface area contributed by atoms with Crippen molar-refractivity contribution in [1.29, 1.82) is 0 Å². The summed E-state index contributed by atoms with van der Waals surface area (Å²) in [5, 5.41) is 64.1. The van der Waals surface area contributed by atoms with Crippen molar-refractivity contribution in [2.75, 3.05) is 91.9 Å². The van der Waals surface area contributed by atoms with Crippen LogP contribution in [0.1, 0.15) is 67.6 Å². The molecule has 4 aliphatic rings. The lowest BCUT2D eigenvalue weighted by Crippen LogP contribution is -2.43. The van der Waals surface area contributed by atoms with Crippen LogP contribution in [0.25, 0.3) is 0 Å². The Kier molecular flexibility index (Phi) is 20.5. The Morgan fingerprint density at radius 1 is 0.517 bits per heavy atom. The molecule has 4 aromatic carbocycles. The largest absolute Gasteiger partial charge is 0.394 e. The second-order valence-electron chi connectivity index (χ2n) is 15.4. The van der Waals surface area contributed by atoms with Gasteiger partial charge >= 0.3 is 0 Å². The fraction of sp³-hybridized carbons (Fsp3) is 0.510. The highest BCUT2D eigenvalue weighted by Crippen LogP contribution is 2.31. The Morgan fingerprint density at radius 3 is 1.35 bits per heavy atom. The van der Waals surface area contributed by atoms with Gasteiger partial charge in [-0.15, -0.1) is 0 Å². The van der Waals surface area contributed by atoms with E-state index in [2.05, 4.69) is 87.2 Å². The second-order valence-corrected chi connectivity index (χ2v) is 15.4. The van der Waals surface area contributed by atoms with Gasteiger partial charge < -0.3 is 55.3 Å². The van der Waals surface area contributed by atoms with Crippen LogP contribution in [-0.4, -0.2) is 132 Å². The van der Waals surface area contributed by atoms with Crippen LogP contribution in [0.2, 0.25) is 0 Å². The first-order valence-electron chi connectivity index (χ1n) is 23.1. The number of anilines is 4. The lowest BCUT2D eigenvalue weighted by molar-refractivity contribution is 0.0996. The number of β-amino-alcohol motifs (C(OH)–C–C–N with tert-alkyl or cyclic N) is 2. The highest BCUT2D eigenvalue weighted by molar-refractivity contribution is 5.60. The molecule has 4 aliphatic heterocycles. The lowest BCUT2D eigenvalue weighted by Gasteiger charge is -2.36. The molecule has 0 fully saturated rings. The fourth-order valence-electron chi connectivity index (χ4n) is 8.41. The van der Waals surface area contributed by atoms with E-state index in [4.69, 9.17) is 14.6 Å². The molecule has 4 heterocycles. The zero-order chi connectivity index (χ0) is 45.3. The van der Waals surface area contributed by atoms with Gasteiger partial charge in [0.05, 0.1) is 57.3 Å². The number of para-hydroxylation sites is 4. The average Bonchev–Trinajstić information content (AvgIpc) is 3.96. The van der Waals surface area contributed by atoms with Gasteiger partial charge in [-0.25, -0.2) is 0 Å². The molecule has 0 radical (unpaired) electrons. The van der Waals surface area contributed by atoms with Gasteiger partial charge in [0.1, 0.15) is 0 Å². The topological polar surface area (TPSA) is 155 Å². The Bertz CT molecular complexity index is 1810. The Labute approximate surface area is 364 Å². The van der Waals surface area contributed by atoms with Crippen molar-refractivity contribution < 1.29 is 40.1 Å². The number of aryl methyl sites for hydroxylation is 2. The van der Waals surface area contributed by atoms with E-state index in [1.54, 1.807) is 0 Å². The maximum atomic E-state index is 9.44. The normalized spacial score (nSPS) is 16.3. The summed E-state index contributed by atoms with van der Waals surface area (Å²) in [5.74, 6) is 0. The fourth-order valence-corrected chi connectivity index (χ4v) is 8.41. The number of hydrogen-bond donors (Lipinski definition) is 7. The first-order valence-corrected chi connectivity index (χ1v) is 21.1. The smallest absolute Gasteiger partial charge is 0.0945 e. The standard InChI is InChI=1S/2C12H17NO2.C12H17NO.C11H15NO2.2CH4.H2/c14-8-11(9-15)13-7-3-5-10-4-1-2-6-12(10)13;14-9-11(15)8-13-7-3-5-10-4-1-2-6-12(10)13;1-2-11(9-14)13-8-7-10-5-3-4-6-12(10)13;13-8-10(14)7-12-6-5-9-3-1-2-4-11(9)12;;;/h2*1-2,4,6,11,14-15H,3,5,7-9H2;3-6,11,14H,2,7-9H2,1H3;1-4,10,13-14H,5-8H2;2*1H4;1H/i;;;;1D;;1+2D. The van der Waals surface area contributed by atoms with E-state index >= 15 is 0 Å². The number of benzene rings is 4. The SMILES string of the molecule is C.CCC(CO)N1CCc2ccccc21.OCC(CO)N1CCCc2ccccc21.OCC(O)CN1CCCc2ccccc21.OCC(O)CN1CCc2ccccc21.[2H]C.[2H][3H]. The van der Waals surface area contributed by atoms with Crippen LogP contribution in [0.15, 0.2) is 97.1 Å². The predicted molar refractivity (Wildman–Crippen MR) is 250 cm³/mol. The maximum absolute atomic E-state index is 9.44. The Balaban J connectivity index is 0.000000280. The Hall–Kier alpha value is -4.20. The molecule has 60 heavy (non-hydrogen) atoms. The third kappa shape index (κ3) is 13.4. The monoisotopic (exact) mass is 837 g/mol. The van der Waals surface area contributed by atoms with E-state index < -0.39 is 12.2 Å². The third-order valence-electron chi connectivity index (χ3n) is 11.5. The molecule has 0 bridgehead atoms. The molecule has 11 heteroatoms. The summed E-state index contributed by atoms with van der Waals surface area (Å²) in [7, 11) is 1.25. The van der Waals surface area contributed by atoms with Crippen LogP contribution >= 0.6 is 0 Å². The van der Waals surface area contributed by atoms with Gasteiger partial charge in [-0.1, -0.05) is 94.5 Å². The number of rotatable bonds is 12. The second kappa shape index (κ2) is 26.2. The van der Waals surface area contributed by atoms with Gasteiger partial charge in [0, 0.05) is 66.4 Å². The van der Waals surface area contributed by atoms with Crippen molar-refractivity contribution in [3.8, 4) is 0 Å². The van der Waals surface area contributed by atoms with Gasteiger partial charge in [0.25, 0.3) is 0 Å². The first-order chi connectivity index (χ1) is 30.3. The van der Waals surface area contributed by atoms with E-state index in [1.165, 1.54) is 46.7 Å². The van der Waals surface area contributed by atoms with Crippen LogP contribution < -0.4 is 19.6 Å². The molecule has 0 spiro atoms. The minimum atomic E-state index is -0.642. The number of hydrogen-bond acceptors (Lipinski definition) is 11. The van der Waals surface area contributed by atoms with Gasteiger partial charge in [0.15, 0.2) is 0 Å². The highest BCUT2D eigenvalue weighted by Gasteiger charge is 2.25. The summed E-state index contributed by atoms with van der Waals surface area (Å²) in [6.07, 6.45) is 6.30. The van der Waals surface area contributed by atoms with Gasteiger partial charge in [0.2, 0.25) is 0 Å². The van der Waals surface area contributed by atoms with Crippen molar-refractivity contribution in [1.82, 2.24) is 0 Å². The molecule has 11 nitrogen and oxygen atoms in total. The molecule has 0 saturated carbocycles. The summed E-state index contributed by atoms with van der Waals surface area (Å²) in [5.41, 5.74) is 10.3. The maximum Gasteiger partial charge on any atom is 0.0945 e. The minimum Gasteiger partial charge on any atom is -0.394 e. The summed E-state index contributed by atoms with van der Waals surface area (Å²) < 4.78 is 15.8. The zero-order valence-electron chi connectivity index (χ0n) is 38.2. The summed E-state index contributed by atoms with van der Waals surface area (Å²) >= 11 is 0. The third-order valence-corrected chi connectivity index (χ3v) is 11.5. The number of aliphatic hydroxyl groups excluding tert-OH is 7. The molecule has 0 saturated heterocycles. The minimum absolute atomic E-state index is 0. The molecular weight excluding hydrogens is 757 g/mol. The molecule has 0 aromatic heterocycles. The van der Waals surface area contributed by atoms with E-state index in [-0.39, 0.29) is 46.5 Å². The highest BCUT2D eigenvalue weighted by atomic mass is 16.3. The first kappa shape index (κ1) is 46.9. The summed E-state index contributed by atoms with van der Waals surface area (Å²) in [6.45, 7) is 6.98. The molecule has 3 atom stereocenters. The average molecular weight is 837 g/mol. The van der Waals surface area contributed by atoms with Crippen molar-refractivity contribution in [2.45, 2.75) is 91.0 Å². The molecule has 3 unspecified atom stereocenters. The van der Waals surface area contributed by atoms with Crippen LogP contribution in [0, 0.1) is 0 Å². The quantitative estimate of drug-likeness (QED) is 0.0992. The van der Waals surface area contributed by atoms with Crippen molar-refractivity contribution in [3.63, 3.8) is 0 Å². The van der Waals surface area contributed by atoms with Crippen molar-refractivity contribution in [3.05, 3.63) is 119 Å². The lowest BCUT2D eigenvalue weighted by atomic mass is 10.0. The summed E-state index contributed by atoms with van der Waals surface area (Å²) in [6, 6.07) is 33.3. The van der Waals surface area contributed by atoms with E-state index in [1.807, 2.05) is 36.4 Å². The van der Waals surface area contributed by atoms with E-state index in [0.29, 0.717) is 19.1 Å². The number of nitrogens with zero attached hydrogens (tertiary/aromatic N) is 4. The number of aliphatic hydroxyl groups is 7. The van der Waals surface area contributed by atoms with Gasteiger partial charge in [-0.3, -0.25) is 0 Å². The molecule has 7 N–H and O–H groups in total. The Morgan fingerprint density at radius 2 is 0.883 bits per heavy atom. The molecular formula is C49H76N4O7. The van der Waals surface area contributed by atoms with E-state index in [9.17, 15) is 25.5 Å². The van der Waals surface area contributed by atoms with Crippen LogP contribution in [0.5, 0.6) is 0 Å². The van der Waals surface area contributed by atoms with Gasteiger partial charge in [-0.05, 0) is 91.5 Å². The van der Waals surface area contributed by atoms with Gasteiger partial charge in [-0.2, -0.15) is 0 Å². The zero-order valence-corrected chi connectivity index (χ0v) is 35.2. The molecule has 334 valence electrons. The molecule has 0 amide bonds. The van der Waals surface area contributed by atoms with Crippen molar-refractivity contribution in [2.24, 2.45) is 0 Å². The molecule has 0 aliphatic carbocycles. The van der Waals surface area contributed by atoms with Crippen LogP contribution in [-0.2, 0) is 25.7 Å². The number of fused-ring (bicyclic) bond motifs is 4. The van der Waals surface area contributed by atoms with E-state index in [0.717, 1.165) is 76.8 Å².